The fraction of sp³-hybridized carbons (Fsp3) is 0.500. The second-order valence-electron chi connectivity index (χ2n) is 9.93. The van der Waals surface area contributed by atoms with Gasteiger partial charge < -0.3 is 19.7 Å². The third-order valence-electron chi connectivity index (χ3n) is 6.80. The van der Waals surface area contributed by atoms with Gasteiger partial charge in [-0.2, -0.15) is 0 Å². The highest BCUT2D eigenvalue weighted by Crippen LogP contribution is 2.25. The fourth-order valence-electron chi connectivity index (χ4n) is 4.56. The van der Waals surface area contributed by atoms with Crippen molar-refractivity contribution < 1.29 is 19.1 Å². The number of rotatable bonds is 12. The van der Waals surface area contributed by atoms with Crippen LogP contribution in [0.3, 0.4) is 0 Å². The Balaban J connectivity index is 1.63. The van der Waals surface area contributed by atoms with Gasteiger partial charge in [-0.25, -0.2) is 4.68 Å². The molecule has 1 saturated heterocycles. The number of methoxy groups -OCH3 is 1. The molecule has 0 bridgehead atoms. The molecule has 4 rings (SSSR count). The quantitative estimate of drug-likeness (QED) is 0.390. The highest BCUT2D eigenvalue weighted by Gasteiger charge is 2.32. The van der Waals surface area contributed by atoms with Gasteiger partial charge in [0.1, 0.15) is 23.9 Å². The van der Waals surface area contributed by atoms with E-state index in [2.05, 4.69) is 34.4 Å². The zero-order valence-electron chi connectivity index (χ0n) is 22.5. The SMILES string of the molecule is COc1ccc(C(C(=O)NCCC(C)C)N(CCN2CCOCC2)C(=O)Cn2nnc3ccccc32)cc1. The van der Waals surface area contributed by atoms with Gasteiger partial charge in [0.2, 0.25) is 11.8 Å². The number of ether oxygens (including phenoxy) is 2. The summed E-state index contributed by atoms with van der Waals surface area (Å²) in [7, 11) is 1.60. The van der Waals surface area contributed by atoms with Gasteiger partial charge >= 0.3 is 0 Å². The summed E-state index contributed by atoms with van der Waals surface area (Å²) in [5.41, 5.74) is 2.22. The van der Waals surface area contributed by atoms with E-state index in [4.69, 9.17) is 9.47 Å². The lowest BCUT2D eigenvalue weighted by Gasteiger charge is -2.34. The lowest BCUT2D eigenvalue weighted by atomic mass is 10.0. The Hall–Kier alpha value is -3.50. The summed E-state index contributed by atoms with van der Waals surface area (Å²) in [6.07, 6.45) is 0.855. The molecule has 3 aromatic rings. The third kappa shape index (κ3) is 7.08. The van der Waals surface area contributed by atoms with Crippen LogP contribution in [0, 0.1) is 5.92 Å². The van der Waals surface area contributed by atoms with Gasteiger partial charge in [0.25, 0.3) is 0 Å². The van der Waals surface area contributed by atoms with Crippen LogP contribution in [0.5, 0.6) is 5.75 Å². The highest BCUT2D eigenvalue weighted by atomic mass is 16.5. The van der Waals surface area contributed by atoms with Crippen molar-refractivity contribution in [2.45, 2.75) is 32.9 Å². The van der Waals surface area contributed by atoms with Gasteiger partial charge in [0.05, 0.1) is 25.8 Å². The van der Waals surface area contributed by atoms with E-state index in [1.165, 1.54) is 0 Å². The van der Waals surface area contributed by atoms with Crippen LogP contribution in [0.25, 0.3) is 11.0 Å². The lowest BCUT2D eigenvalue weighted by molar-refractivity contribution is -0.142. The normalized spacial score (nSPS) is 14.9. The number of benzene rings is 2. The first kappa shape index (κ1) is 27.5. The predicted molar refractivity (Wildman–Crippen MR) is 145 cm³/mol. The average molecular weight is 523 g/mol. The maximum absolute atomic E-state index is 13.9. The Morgan fingerprint density at radius 1 is 1.11 bits per heavy atom. The topological polar surface area (TPSA) is 102 Å². The number of para-hydroxylation sites is 1. The summed E-state index contributed by atoms with van der Waals surface area (Å²) < 4.78 is 12.4. The van der Waals surface area contributed by atoms with E-state index in [-0.39, 0.29) is 18.4 Å². The summed E-state index contributed by atoms with van der Waals surface area (Å²) in [5, 5.41) is 11.5. The van der Waals surface area contributed by atoms with Gasteiger partial charge in [-0.15, -0.1) is 5.10 Å². The van der Waals surface area contributed by atoms with E-state index >= 15 is 0 Å². The molecule has 10 heteroatoms. The van der Waals surface area contributed by atoms with Crippen LogP contribution in [0.15, 0.2) is 48.5 Å². The minimum absolute atomic E-state index is 0.0183. The molecule has 2 heterocycles. The summed E-state index contributed by atoms with van der Waals surface area (Å²) in [6, 6.07) is 14.1. The summed E-state index contributed by atoms with van der Waals surface area (Å²) in [5.74, 6) is 0.741. The molecule has 0 saturated carbocycles. The number of carbonyl (C=O) groups is 2. The van der Waals surface area contributed by atoms with Crippen LogP contribution < -0.4 is 10.1 Å². The summed E-state index contributed by atoms with van der Waals surface area (Å²) in [4.78, 5) is 31.6. The van der Waals surface area contributed by atoms with E-state index in [0.29, 0.717) is 44.5 Å². The van der Waals surface area contributed by atoms with Crippen molar-refractivity contribution in [2.75, 3.05) is 53.0 Å². The predicted octanol–water partition coefficient (Wildman–Crippen LogP) is 2.50. The molecule has 10 nitrogen and oxygen atoms in total. The Labute approximate surface area is 223 Å². The number of carbonyl (C=O) groups excluding carboxylic acids is 2. The number of aromatic nitrogens is 3. The Bertz CT molecular complexity index is 1190. The molecule has 2 aromatic carbocycles. The minimum atomic E-state index is -0.795. The first-order valence-corrected chi connectivity index (χ1v) is 13.3. The number of fused-ring (bicyclic) bond motifs is 1. The zero-order chi connectivity index (χ0) is 26.9. The van der Waals surface area contributed by atoms with Crippen molar-refractivity contribution in [1.82, 2.24) is 30.1 Å². The van der Waals surface area contributed by atoms with E-state index in [9.17, 15) is 9.59 Å². The van der Waals surface area contributed by atoms with Gasteiger partial charge in [-0.3, -0.25) is 14.5 Å². The van der Waals surface area contributed by atoms with Gasteiger partial charge in [-0.05, 0) is 42.2 Å². The van der Waals surface area contributed by atoms with Crippen LogP contribution in [0.1, 0.15) is 31.9 Å². The van der Waals surface area contributed by atoms with E-state index in [1.54, 1.807) is 16.7 Å². The van der Waals surface area contributed by atoms with Crippen LogP contribution in [-0.2, 0) is 20.9 Å². The largest absolute Gasteiger partial charge is 0.497 e. The molecule has 1 unspecified atom stereocenters. The maximum Gasteiger partial charge on any atom is 0.247 e. The Morgan fingerprint density at radius 3 is 2.55 bits per heavy atom. The summed E-state index contributed by atoms with van der Waals surface area (Å²) >= 11 is 0. The van der Waals surface area contributed by atoms with Crippen molar-refractivity contribution in [3.63, 3.8) is 0 Å². The number of hydrogen-bond acceptors (Lipinski definition) is 7. The van der Waals surface area contributed by atoms with E-state index in [1.807, 2.05) is 48.5 Å². The molecule has 0 spiro atoms. The van der Waals surface area contributed by atoms with Crippen molar-refractivity contribution in [3.8, 4) is 5.75 Å². The highest BCUT2D eigenvalue weighted by molar-refractivity contribution is 5.89. The van der Waals surface area contributed by atoms with Crippen LogP contribution in [0.4, 0.5) is 0 Å². The first-order valence-electron chi connectivity index (χ1n) is 13.3. The van der Waals surface area contributed by atoms with Crippen molar-refractivity contribution in [1.29, 1.82) is 0 Å². The molecule has 0 radical (unpaired) electrons. The van der Waals surface area contributed by atoms with Crippen molar-refractivity contribution in [3.05, 3.63) is 54.1 Å². The van der Waals surface area contributed by atoms with Gasteiger partial charge in [0, 0.05) is 32.7 Å². The molecule has 0 aliphatic carbocycles. The number of hydrogen-bond donors (Lipinski definition) is 1. The van der Waals surface area contributed by atoms with Crippen LogP contribution in [-0.4, -0.2) is 89.7 Å². The monoisotopic (exact) mass is 522 g/mol. The van der Waals surface area contributed by atoms with Gasteiger partial charge in [-0.1, -0.05) is 43.3 Å². The maximum atomic E-state index is 13.9. The zero-order valence-corrected chi connectivity index (χ0v) is 22.5. The molecule has 2 amide bonds. The molecule has 1 aliphatic rings. The first-order chi connectivity index (χ1) is 18.5. The Morgan fingerprint density at radius 2 is 1.84 bits per heavy atom. The van der Waals surface area contributed by atoms with E-state index in [0.717, 1.165) is 36.1 Å². The summed E-state index contributed by atoms with van der Waals surface area (Å²) in [6.45, 7) is 8.71. The molecular weight excluding hydrogens is 484 g/mol. The number of morpholine rings is 1. The molecule has 1 N–H and O–H groups in total. The van der Waals surface area contributed by atoms with Gasteiger partial charge in [0.15, 0.2) is 0 Å². The average Bonchev–Trinajstić information content (AvgIpc) is 3.34. The molecular formula is C28H38N6O4. The molecule has 38 heavy (non-hydrogen) atoms. The fourth-order valence-corrected chi connectivity index (χ4v) is 4.56. The number of amides is 2. The number of nitrogens with zero attached hydrogens (tertiary/aromatic N) is 5. The second-order valence-corrected chi connectivity index (χ2v) is 9.93. The smallest absolute Gasteiger partial charge is 0.247 e. The standard InChI is InChI=1S/C28H38N6O4/c1-21(2)12-13-29-28(36)27(22-8-10-23(37-3)11-9-22)33(15-14-32-16-18-38-19-17-32)26(35)20-34-25-7-5-4-6-24(25)30-31-34/h4-11,21,27H,12-20H2,1-3H3,(H,29,36). The molecule has 1 aliphatic heterocycles. The number of nitrogens with one attached hydrogen (secondary N) is 1. The molecule has 1 aromatic heterocycles. The van der Waals surface area contributed by atoms with Crippen molar-refractivity contribution >= 4 is 22.8 Å². The molecule has 204 valence electrons. The second kappa shape index (κ2) is 13.3. The third-order valence-corrected chi connectivity index (χ3v) is 6.80. The van der Waals surface area contributed by atoms with Crippen molar-refractivity contribution in [2.24, 2.45) is 5.92 Å². The Kier molecular flexibility index (Phi) is 9.67. The van der Waals surface area contributed by atoms with Crippen LogP contribution in [0.2, 0.25) is 0 Å². The van der Waals surface area contributed by atoms with E-state index < -0.39 is 6.04 Å². The molecule has 1 atom stereocenters. The van der Waals surface area contributed by atoms with Crippen LogP contribution >= 0.6 is 0 Å². The lowest BCUT2D eigenvalue weighted by Crippen LogP contribution is -2.49. The minimum Gasteiger partial charge on any atom is -0.497 e. The molecule has 1 fully saturated rings.